The van der Waals surface area contributed by atoms with Gasteiger partial charge in [-0.1, -0.05) is 20.8 Å². The van der Waals surface area contributed by atoms with Gasteiger partial charge in [0.05, 0.1) is 20.3 Å². The number of methoxy groups -OCH3 is 2. The first kappa shape index (κ1) is 20.8. The molecule has 28 heavy (non-hydrogen) atoms. The SMILES string of the molecule is COC1=C[C@@H](C)[C@@H]2C[C@@H](O)[C@]3(C)[C@H](C(=O)C(OC)=C(C)[C@@H]3CC=O)[C@@]2(C)C1=O. The molecule has 7 atom stereocenters. The molecule has 0 aromatic carbocycles. The van der Waals surface area contributed by atoms with Crippen molar-refractivity contribution in [3.63, 3.8) is 0 Å². The third kappa shape index (κ3) is 2.39. The van der Waals surface area contributed by atoms with Crippen molar-refractivity contribution in [2.45, 2.75) is 46.6 Å². The Labute approximate surface area is 166 Å². The monoisotopic (exact) mass is 390 g/mol. The summed E-state index contributed by atoms with van der Waals surface area (Å²) in [7, 11) is 2.89. The number of fused-ring (bicyclic) bond motifs is 3. The lowest BCUT2D eigenvalue weighted by Gasteiger charge is -2.62. The molecular weight excluding hydrogens is 360 g/mol. The summed E-state index contributed by atoms with van der Waals surface area (Å²) in [6.45, 7) is 7.42. The van der Waals surface area contributed by atoms with Gasteiger partial charge >= 0.3 is 0 Å². The van der Waals surface area contributed by atoms with Crippen LogP contribution in [-0.4, -0.2) is 43.3 Å². The van der Waals surface area contributed by atoms with E-state index in [2.05, 4.69) is 0 Å². The largest absolute Gasteiger partial charge is 0.493 e. The van der Waals surface area contributed by atoms with Gasteiger partial charge in [0, 0.05) is 23.2 Å². The summed E-state index contributed by atoms with van der Waals surface area (Å²) in [5, 5.41) is 11.2. The molecule has 0 saturated heterocycles. The zero-order valence-corrected chi connectivity index (χ0v) is 17.4. The van der Waals surface area contributed by atoms with Gasteiger partial charge in [-0.3, -0.25) is 9.59 Å². The van der Waals surface area contributed by atoms with E-state index in [1.165, 1.54) is 14.2 Å². The molecule has 6 heteroatoms. The maximum atomic E-state index is 13.6. The molecule has 1 fully saturated rings. The van der Waals surface area contributed by atoms with Crippen LogP contribution in [0.15, 0.2) is 23.2 Å². The molecule has 3 aliphatic rings. The number of aliphatic hydroxyl groups is 1. The van der Waals surface area contributed by atoms with Gasteiger partial charge in [0.2, 0.25) is 11.6 Å². The number of ketones is 2. The second-order valence-electron chi connectivity index (χ2n) is 8.90. The molecule has 0 aromatic heterocycles. The normalized spacial score (nSPS) is 43.1. The highest BCUT2D eigenvalue weighted by Gasteiger charge is 2.69. The van der Waals surface area contributed by atoms with Gasteiger partial charge in [-0.05, 0) is 42.7 Å². The van der Waals surface area contributed by atoms with E-state index in [1.807, 2.05) is 20.8 Å². The molecule has 1 saturated carbocycles. The summed E-state index contributed by atoms with van der Waals surface area (Å²) < 4.78 is 10.8. The van der Waals surface area contributed by atoms with Crippen LogP contribution in [0.4, 0.5) is 0 Å². The first-order chi connectivity index (χ1) is 13.1. The summed E-state index contributed by atoms with van der Waals surface area (Å²) in [6, 6.07) is 0. The minimum atomic E-state index is -1.05. The summed E-state index contributed by atoms with van der Waals surface area (Å²) in [4.78, 5) is 38.6. The maximum absolute atomic E-state index is 13.6. The minimum Gasteiger partial charge on any atom is -0.493 e. The van der Waals surface area contributed by atoms with E-state index < -0.39 is 22.9 Å². The molecule has 3 aliphatic carbocycles. The summed E-state index contributed by atoms with van der Waals surface area (Å²) >= 11 is 0. The first-order valence-electron chi connectivity index (χ1n) is 9.81. The third-order valence-electron chi connectivity index (χ3n) is 7.82. The summed E-state index contributed by atoms with van der Waals surface area (Å²) in [5.74, 6) is -1.44. The van der Waals surface area contributed by atoms with E-state index in [4.69, 9.17) is 9.47 Å². The number of aliphatic hydroxyl groups excluding tert-OH is 1. The van der Waals surface area contributed by atoms with E-state index in [1.54, 1.807) is 13.0 Å². The Balaban J connectivity index is 2.30. The van der Waals surface area contributed by atoms with Crippen LogP contribution in [0, 0.1) is 34.5 Å². The summed E-state index contributed by atoms with van der Waals surface area (Å²) in [6.07, 6.45) is 2.34. The fraction of sp³-hybridized carbons (Fsp3) is 0.682. The highest BCUT2D eigenvalue weighted by molar-refractivity contribution is 6.07. The van der Waals surface area contributed by atoms with Crippen LogP contribution in [0.2, 0.25) is 0 Å². The smallest absolute Gasteiger partial charge is 0.203 e. The maximum Gasteiger partial charge on any atom is 0.203 e. The van der Waals surface area contributed by atoms with Crippen molar-refractivity contribution in [2.75, 3.05) is 14.2 Å². The fourth-order valence-corrected chi connectivity index (χ4v) is 6.44. The number of carbonyl (C=O) groups excluding carboxylic acids is 3. The van der Waals surface area contributed by atoms with Gasteiger partial charge in [0.1, 0.15) is 6.29 Å². The van der Waals surface area contributed by atoms with Gasteiger partial charge in [0.15, 0.2) is 11.5 Å². The first-order valence-corrected chi connectivity index (χ1v) is 9.81. The molecule has 0 unspecified atom stereocenters. The Hall–Kier alpha value is -1.95. The van der Waals surface area contributed by atoms with Crippen LogP contribution in [0.5, 0.6) is 0 Å². The number of aldehydes is 1. The van der Waals surface area contributed by atoms with Crippen molar-refractivity contribution in [1.82, 2.24) is 0 Å². The number of hydrogen-bond acceptors (Lipinski definition) is 6. The third-order valence-corrected chi connectivity index (χ3v) is 7.82. The number of hydrogen-bond donors (Lipinski definition) is 1. The van der Waals surface area contributed by atoms with Crippen molar-refractivity contribution >= 4 is 17.9 Å². The Morgan fingerprint density at radius 1 is 1.25 bits per heavy atom. The van der Waals surface area contributed by atoms with Gasteiger partial charge in [-0.2, -0.15) is 0 Å². The average molecular weight is 390 g/mol. The van der Waals surface area contributed by atoms with Crippen molar-refractivity contribution in [2.24, 2.45) is 34.5 Å². The van der Waals surface area contributed by atoms with Gasteiger partial charge in [-0.25, -0.2) is 0 Å². The molecule has 0 amide bonds. The highest BCUT2D eigenvalue weighted by Crippen LogP contribution is 2.65. The van der Waals surface area contributed by atoms with Crippen molar-refractivity contribution in [3.05, 3.63) is 23.2 Å². The van der Waals surface area contributed by atoms with Crippen molar-refractivity contribution in [3.8, 4) is 0 Å². The second kappa shape index (κ2) is 6.83. The lowest BCUT2D eigenvalue weighted by atomic mass is 9.40. The van der Waals surface area contributed by atoms with E-state index in [0.717, 1.165) is 6.29 Å². The zero-order chi connectivity index (χ0) is 21.0. The van der Waals surface area contributed by atoms with Crippen molar-refractivity contribution in [1.29, 1.82) is 0 Å². The van der Waals surface area contributed by atoms with Gasteiger partial charge in [-0.15, -0.1) is 0 Å². The van der Waals surface area contributed by atoms with E-state index in [9.17, 15) is 19.5 Å². The Bertz CT molecular complexity index is 780. The molecule has 0 aromatic rings. The lowest BCUT2D eigenvalue weighted by molar-refractivity contribution is -0.188. The predicted octanol–water partition coefficient (Wildman–Crippen LogP) is 2.45. The molecule has 3 rings (SSSR count). The average Bonchev–Trinajstić information content (AvgIpc) is 2.64. The topological polar surface area (TPSA) is 89.9 Å². The quantitative estimate of drug-likeness (QED) is 0.742. The molecule has 154 valence electrons. The minimum absolute atomic E-state index is 0.0350. The number of carbonyl (C=O) groups is 3. The summed E-state index contributed by atoms with van der Waals surface area (Å²) in [5.41, 5.74) is -1.32. The van der Waals surface area contributed by atoms with Crippen LogP contribution in [-0.2, 0) is 23.9 Å². The Kier molecular flexibility index (Phi) is 5.07. The van der Waals surface area contributed by atoms with Crippen LogP contribution in [0.3, 0.4) is 0 Å². The second-order valence-corrected chi connectivity index (χ2v) is 8.90. The van der Waals surface area contributed by atoms with Crippen LogP contribution in [0.25, 0.3) is 0 Å². The molecule has 0 spiro atoms. The number of ether oxygens (including phenoxy) is 2. The number of Topliss-reactive ketones (excluding diaryl/α,β-unsaturated/α-hetero) is 2. The molecule has 1 N–H and O–H groups in total. The molecule has 0 radical (unpaired) electrons. The van der Waals surface area contributed by atoms with E-state index in [0.29, 0.717) is 12.0 Å². The highest BCUT2D eigenvalue weighted by atomic mass is 16.5. The van der Waals surface area contributed by atoms with Gasteiger partial charge < -0.3 is 19.4 Å². The number of allylic oxidation sites excluding steroid dienone is 4. The van der Waals surface area contributed by atoms with Gasteiger partial charge in [0.25, 0.3) is 0 Å². The molecular formula is C22H30O6. The lowest BCUT2D eigenvalue weighted by Crippen LogP contribution is -2.67. The van der Waals surface area contributed by atoms with Crippen LogP contribution >= 0.6 is 0 Å². The molecule has 0 heterocycles. The van der Waals surface area contributed by atoms with Crippen molar-refractivity contribution < 1.29 is 29.0 Å². The fourth-order valence-electron chi connectivity index (χ4n) is 6.44. The standard InChI is InChI=1S/C22H30O6/c1-11-9-15(27-5)20(26)22(4)14(11)10-16(24)21(3)13(7-8-23)12(2)18(28-6)17(25)19(21)22/h8-9,11,13-14,16,19,24H,7,10H2,1-6H3/t11-,13+,14+,16-,19+,21-,22+/m1/s1. The molecule has 6 nitrogen and oxygen atoms in total. The Morgan fingerprint density at radius 3 is 2.43 bits per heavy atom. The van der Waals surface area contributed by atoms with E-state index >= 15 is 0 Å². The zero-order valence-electron chi connectivity index (χ0n) is 17.4. The molecule has 0 bridgehead atoms. The molecule has 0 aliphatic heterocycles. The number of rotatable bonds is 4. The predicted molar refractivity (Wildman–Crippen MR) is 102 cm³/mol. The van der Waals surface area contributed by atoms with Crippen LogP contribution < -0.4 is 0 Å². The Morgan fingerprint density at radius 2 is 1.89 bits per heavy atom. The van der Waals surface area contributed by atoms with Crippen LogP contribution in [0.1, 0.15) is 40.5 Å². The van der Waals surface area contributed by atoms with E-state index in [-0.39, 0.29) is 47.3 Å².